The number of rotatable bonds is 11. The molecule has 2 N–H and O–H groups in total. The molecule has 8 nitrogen and oxygen atoms in total. The fourth-order valence-electron chi connectivity index (χ4n) is 5.76. The Balaban J connectivity index is 1.41. The maximum atomic E-state index is 13.3. The van der Waals surface area contributed by atoms with Gasteiger partial charge in [0.25, 0.3) is 0 Å². The number of hydrogen-bond acceptors (Lipinski definition) is 5. The van der Waals surface area contributed by atoms with Gasteiger partial charge in [0.1, 0.15) is 0 Å². The van der Waals surface area contributed by atoms with E-state index in [4.69, 9.17) is 0 Å². The Kier molecular flexibility index (Phi) is 8.00. The van der Waals surface area contributed by atoms with Crippen LogP contribution in [0.5, 0.6) is 0 Å². The zero-order valence-corrected chi connectivity index (χ0v) is 22.4. The van der Waals surface area contributed by atoms with Crippen LogP contribution in [0, 0.1) is 5.41 Å². The number of carboxylic acids is 1. The van der Waals surface area contributed by atoms with Gasteiger partial charge < -0.3 is 10.0 Å². The highest BCUT2D eigenvalue weighted by atomic mass is 16.4. The van der Waals surface area contributed by atoms with Crippen molar-refractivity contribution in [3.8, 4) is 22.5 Å². The maximum absolute atomic E-state index is 13.3. The Morgan fingerprint density at radius 3 is 2.44 bits per heavy atom. The molecule has 1 aromatic heterocycles. The van der Waals surface area contributed by atoms with Crippen molar-refractivity contribution in [1.82, 2.24) is 25.5 Å². The number of aromatic amines is 1. The molecule has 202 valence electrons. The average molecular weight is 526 g/mol. The van der Waals surface area contributed by atoms with Crippen LogP contribution in [0.3, 0.4) is 0 Å². The van der Waals surface area contributed by atoms with Crippen LogP contribution in [0.15, 0.2) is 60.7 Å². The van der Waals surface area contributed by atoms with Gasteiger partial charge in [0.05, 0.1) is 5.41 Å². The second kappa shape index (κ2) is 11.8. The number of carbonyl (C=O) groups excluding carboxylic acids is 1. The highest BCUT2D eigenvalue weighted by molar-refractivity contribution is 5.91. The molecular weight excluding hydrogens is 490 g/mol. The number of carboxylic acid groups (broad SMARTS) is 1. The molecule has 0 unspecified atom stereocenters. The van der Waals surface area contributed by atoms with E-state index in [1.807, 2.05) is 30.3 Å². The van der Waals surface area contributed by atoms with Gasteiger partial charge in [-0.05, 0) is 64.1 Å². The molecule has 5 rings (SSSR count). The zero-order valence-electron chi connectivity index (χ0n) is 22.4. The third kappa shape index (κ3) is 5.85. The molecule has 4 aromatic rings. The summed E-state index contributed by atoms with van der Waals surface area (Å²) in [5.41, 5.74) is 3.14. The molecule has 1 fully saturated rings. The molecule has 0 aliphatic heterocycles. The van der Waals surface area contributed by atoms with E-state index in [2.05, 4.69) is 57.9 Å². The largest absolute Gasteiger partial charge is 0.481 e. The molecule has 0 spiro atoms. The van der Waals surface area contributed by atoms with Crippen molar-refractivity contribution in [3.63, 3.8) is 0 Å². The Bertz CT molecular complexity index is 1440. The standard InChI is InChI=1S/C31H35N5O3/c1-2-3-4-11-28(37)36(21-31(30(38)39)16-7-8-17-31)20-22-12-13-24-19-25(15-14-23(24)18-22)26-9-5-6-10-27(26)29-32-34-35-33-29/h5-6,9-10,12-15,18-19H,2-4,7-8,11,16-17,20-21H2,1H3,(H,38,39)(H,32,33,34,35). The minimum atomic E-state index is -0.835. The van der Waals surface area contributed by atoms with Crippen LogP contribution in [-0.4, -0.2) is 49.1 Å². The van der Waals surface area contributed by atoms with E-state index in [0.717, 1.165) is 65.1 Å². The Labute approximate surface area is 228 Å². The van der Waals surface area contributed by atoms with Crippen molar-refractivity contribution in [1.29, 1.82) is 0 Å². The van der Waals surface area contributed by atoms with Gasteiger partial charge in [-0.25, -0.2) is 0 Å². The third-order valence-corrected chi connectivity index (χ3v) is 7.96. The number of fused-ring (bicyclic) bond motifs is 1. The Morgan fingerprint density at radius 2 is 1.72 bits per heavy atom. The molecule has 8 heteroatoms. The van der Waals surface area contributed by atoms with Crippen molar-refractivity contribution < 1.29 is 14.7 Å². The Hall–Kier alpha value is -4.07. The van der Waals surface area contributed by atoms with Crippen molar-refractivity contribution >= 4 is 22.6 Å². The summed E-state index contributed by atoms with van der Waals surface area (Å²) >= 11 is 0. The average Bonchev–Trinajstić information content (AvgIpc) is 3.66. The summed E-state index contributed by atoms with van der Waals surface area (Å²) in [4.78, 5) is 27.3. The minimum absolute atomic E-state index is 0.0458. The molecule has 0 bridgehead atoms. The number of nitrogens with zero attached hydrogens (tertiary/aromatic N) is 4. The zero-order chi connectivity index (χ0) is 27.2. The number of unbranched alkanes of at least 4 members (excludes halogenated alkanes) is 2. The highest BCUT2D eigenvalue weighted by Crippen LogP contribution is 2.40. The fraction of sp³-hybridized carbons (Fsp3) is 0.387. The summed E-state index contributed by atoms with van der Waals surface area (Å²) < 4.78 is 0. The number of amides is 1. The van der Waals surface area contributed by atoms with Crippen LogP contribution in [-0.2, 0) is 16.1 Å². The van der Waals surface area contributed by atoms with Gasteiger partial charge in [-0.3, -0.25) is 9.59 Å². The fourth-order valence-corrected chi connectivity index (χ4v) is 5.76. The van der Waals surface area contributed by atoms with Gasteiger partial charge in [0.2, 0.25) is 11.7 Å². The smallest absolute Gasteiger partial charge is 0.311 e. The number of nitrogens with one attached hydrogen (secondary N) is 1. The van der Waals surface area contributed by atoms with Crippen molar-refractivity contribution in [2.75, 3.05) is 6.54 Å². The molecule has 0 saturated heterocycles. The number of carbonyl (C=O) groups is 2. The lowest BCUT2D eigenvalue weighted by molar-refractivity contribution is -0.151. The molecule has 1 saturated carbocycles. The normalized spacial score (nSPS) is 14.5. The van der Waals surface area contributed by atoms with E-state index in [1.165, 1.54) is 0 Å². The summed E-state index contributed by atoms with van der Waals surface area (Å²) in [5.74, 6) is -0.186. The van der Waals surface area contributed by atoms with Crippen molar-refractivity contribution in [2.45, 2.75) is 64.8 Å². The number of hydrogen-bond donors (Lipinski definition) is 2. The molecule has 1 aliphatic carbocycles. The van der Waals surface area contributed by atoms with E-state index in [1.54, 1.807) is 4.90 Å². The molecule has 3 aromatic carbocycles. The number of tetrazole rings is 1. The number of benzene rings is 3. The first-order valence-corrected chi connectivity index (χ1v) is 13.9. The van der Waals surface area contributed by atoms with E-state index in [-0.39, 0.29) is 12.5 Å². The van der Waals surface area contributed by atoms with E-state index in [0.29, 0.717) is 31.6 Å². The quantitative estimate of drug-likeness (QED) is 0.224. The van der Waals surface area contributed by atoms with Gasteiger partial charge in [0, 0.05) is 25.1 Å². The van der Waals surface area contributed by atoms with E-state index in [9.17, 15) is 14.7 Å². The van der Waals surface area contributed by atoms with E-state index >= 15 is 0 Å². The van der Waals surface area contributed by atoms with Gasteiger partial charge in [-0.1, -0.05) is 81.1 Å². The van der Waals surface area contributed by atoms with E-state index < -0.39 is 11.4 Å². The lowest BCUT2D eigenvalue weighted by Crippen LogP contribution is -2.44. The topological polar surface area (TPSA) is 112 Å². The molecule has 1 aliphatic rings. The number of aromatic nitrogens is 4. The summed E-state index contributed by atoms with van der Waals surface area (Å²) in [6.07, 6.45) is 6.39. The first-order chi connectivity index (χ1) is 19.0. The van der Waals surface area contributed by atoms with Crippen molar-refractivity contribution in [3.05, 3.63) is 66.2 Å². The SMILES string of the molecule is CCCCCC(=O)N(Cc1ccc2cc(-c3ccccc3-c3nn[nH]n3)ccc2c1)CC1(C(=O)O)CCCC1. The molecular formula is C31H35N5O3. The predicted molar refractivity (Wildman–Crippen MR) is 151 cm³/mol. The van der Waals surface area contributed by atoms with Gasteiger partial charge in [-0.15, -0.1) is 10.2 Å². The summed E-state index contributed by atoms with van der Waals surface area (Å²) in [5, 5.41) is 26.7. The van der Waals surface area contributed by atoms with Crippen LogP contribution in [0.1, 0.15) is 63.9 Å². The molecule has 39 heavy (non-hydrogen) atoms. The molecule has 0 atom stereocenters. The summed E-state index contributed by atoms with van der Waals surface area (Å²) in [7, 11) is 0. The monoisotopic (exact) mass is 525 g/mol. The van der Waals surface area contributed by atoms with Gasteiger partial charge in [-0.2, -0.15) is 5.21 Å². The van der Waals surface area contributed by atoms with Crippen LogP contribution >= 0.6 is 0 Å². The summed E-state index contributed by atoms with van der Waals surface area (Å²) in [6, 6.07) is 20.5. The second-order valence-corrected chi connectivity index (χ2v) is 10.7. The first-order valence-electron chi connectivity index (χ1n) is 13.9. The highest BCUT2D eigenvalue weighted by Gasteiger charge is 2.43. The van der Waals surface area contributed by atoms with Crippen molar-refractivity contribution in [2.24, 2.45) is 5.41 Å². The third-order valence-electron chi connectivity index (χ3n) is 7.96. The lowest BCUT2D eigenvalue weighted by atomic mass is 9.85. The lowest BCUT2D eigenvalue weighted by Gasteiger charge is -2.32. The van der Waals surface area contributed by atoms with Gasteiger partial charge >= 0.3 is 5.97 Å². The molecule has 1 heterocycles. The van der Waals surface area contributed by atoms with Crippen LogP contribution in [0.4, 0.5) is 0 Å². The van der Waals surface area contributed by atoms with Crippen LogP contribution in [0.25, 0.3) is 33.3 Å². The molecule has 1 amide bonds. The Morgan fingerprint density at radius 1 is 0.974 bits per heavy atom. The van der Waals surface area contributed by atoms with Crippen LogP contribution < -0.4 is 0 Å². The minimum Gasteiger partial charge on any atom is -0.481 e. The second-order valence-electron chi connectivity index (χ2n) is 10.7. The predicted octanol–water partition coefficient (Wildman–Crippen LogP) is 6.24. The van der Waals surface area contributed by atoms with Crippen LogP contribution in [0.2, 0.25) is 0 Å². The number of H-pyrrole nitrogens is 1. The number of aliphatic carboxylic acids is 1. The maximum Gasteiger partial charge on any atom is 0.311 e. The summed E-state index contributed by atoms with van der Waals surface area (Å²) in [6.45, 7) is 2.81. The van der Waals surface area contributed by atoms with Gasteiger partial charge in [0.15, 0.2) is 0 Å². The molecule has 0 radical (unpaired) electrons. The first kappa shape index (κ1) is 26.5.